The van der Waals surface area contributed by atoms with E-state index < -0.39 is 0 Å². The summed E-state index contributed by atoms with van der Waals surface area (Å²) in [6, 6.07) is 5.36. The molecule has 2 nitrogen and oxygen atoms in total. The molecule has 0 radical (unpaired) electrons. The van der Waals surface area contributed by atoms with Gasteiger partial charge in [0.2, 0.25) is 0 Å². The maximum absolute atomic E-state index is 9.00. The van der Waals surface area contributed by atoms with Gasteiger partial charge in [-0.1, -0.05) is 30.7 Å². The molecule has 1 N–H and O–H groups in total. The maximum atomic E-state index is 9.00. The van der Waals surface area contributed by atoms with Crippen molar-refractivity contribution in [2.45, 2.75) is 20.0 Å². The van der Waals surface area contributed by atoms with E-state index in [1.54, 1.807) is 18.2 Å². The minimum atomic E-state index is -0.0421. The Labute approximate surface area is 83.1 Å². The van der Waals surface area contributed by atoms with Crippen LogP contribution in [0.2, 0.25) is 5.02 Å². The van der Waals surface area contributed by atoms with Gasteiger partial charge in [-0.25, -0.2) is 0 Å². The number of hydrogen-bond donors (Lipinski definition) is 1. The van der Waals surface area contributed by atoms with Crippen LogP contribution in [-0.4, -0.2) is 11.7 Å². The van der Waals surface area contributed by atoms with E-state index in [1.165, 1.54) is 0 Å². The van der Waals surface area contributed by atoms with Gasteiger partial charge in [-0.15, -0.1) is 0 Å². The molecule has 0 heterocycles. The topological polar surface area (TPSA) is 29.5 Å². The molecule has 3 heteroatoms. The van der Waals surface area contributed by atoms with Gasteiger partial charge in [0.1, 0.15) is 5.75 Å². The minimum Gasteiger partial charge on any atom is -0.492 e. The lowest BCUT2D eigenvalue weighted by Crippen LogP contribution is -1.99. The molecule has 13 heavy (non-hydrogen) atoms. The predicted octanol–water partition coefficient (Wildman–Crippen LogP) is 2.62. The van der Waals surface area contributed by atoms with Crippen molar-refractivity contribution in [1.29, 1.82) is 0 Å². The maximum Gasteiger partial charge on any atom is 0.143 e. The molecular weight excluding hydrogens is 188 g/mol. The van der Waals surface area contributed by atoms with Crippen molar-refractivity contribution < 1.29 is 9.84 Å². The van der Waals surface area contributed by atoms with Crippen molar-refractivity contribution in [3.63, 3.8) is 0 Å². The summed E-state index contributed by atoms with van der Waals surface area (Å²) < 4.78 is 5.42. The minimum absolute atomic E-state index is 0.0421. The molecule has 1 aromatic carbocycles. The third-order valence-electron chi connectivity index (χ3n) is 1.67. The van der Waals surface area contributed by atoms with Crippen LogP contribution in [0.25, 0.3) is 0 Å². The van der Waals surface area contributed by atoms with Crippen LogP contribution in [0.4, 0.5) is 0 Å². The molecule has 1 aromatic rings. The first kappa shape index (κ1) is 10.4. The van der Waals surface area contributed by atoms with Gasteiger partial charge in [0, 0.05) is 5.56 Å². The van der Waals surface area contributed by atoms with E-state index in [-0.39, 0.29) is 6.61 Å². The van der Waals surface area contributed by atoms with Crippen LogP contribution >= 0.6 is 11.6 Å². The number of hydrogen-bond acceptors (Lipinski definition) is 2. The molecular formula is C10H13ClO2. The summed E-state index contributed by atoms with van der Waals surface area (Å²) >= 11 is 5.91. The summed E-state index contributed by atoms with van der Waals surface area (Å²) in [5, 5.41) is 9.56. The summed E-state index contributed by atoms with van der Waals surface area (Å²) in [7, 11) is 0. The van der Waals surface area contributed by atoms with Crippen molar-refractivity contribution in [2.24, 2.45) is 0 Å². The highest BCUT2D eigenvalue weighted by Gasteiger charge is 2.06. The summed E-state index contributed by atoms with van der Waals surface area (Å²) in [6.45, 7) is 2.60. The second kappa shape index (κ2) is 5.10. The fraction of sp³-hybridized carbons (Fsp3) is 0.400. The fourth-order valence-corrected chi connectivity index (χ4v) is 1.29. The first-order chi connectivity index (χ1) is 6.29. The number of aliphatic hydroxyl groups excluding tert-OH is 1. The molecule has 1 rings (SSSR count). The predicted molar refractivity (Wildman–Crippen MR) is 53.2 cm³/mol. The first-order valence-electron chi connectivity index (χ1n) is 4.30. The Bertz CT molecular complexity index is 274. The van der Waals surface area contributed by atoms with Gasteiger partial charge in [-0.2, -0.15) is 0 Å². The fourth-order valence-electron chi connectivity index (χ4n) is 1.04. The number of benzene rings is 1. The quantitative estimate of drug-likeness (QED) is 0.810. The second-order valence-electron chi connectivity index (χ2n) is 2.73. The Morgan fingerprint density at radius 2 is 2.23 bits per heavy atom. The Balaban J connectivity index is 2.87. The van der Waals surface area contributed by atoms with Crippen LogP contribution in [0.3, 0.4) is 0 Å². The van der Waals surface area contributed by atoms with Crippen molar-refractivity contribution in [3.05, 3.63) is 28.8 Å². The van der Waals surface area contributed by atoms with E-state index in [4.69, 9.17) is 21.4 Å². The number of ether oxygens (including phenoxy) is 1. The Morgan fingerprint density at radius 3 is 2.85 bits per heavy atom. The molecule has 0 atom stereocenters. The molecule has 0 unspecified atom stereocenters. The molecule has 0 aromatic heterocycles. The number of halogens is 1. The summed E-state index contributed by atoms with van der Waals surface area (Å²) in [6.07, 6.45) is 0.927. The largest absolute Gasteiger partial charge is 0.492 e. The normalized spacial score (nSPS) is 10.1. The monoisotopic (exact) mass is 200 g/mol. The molecule has 0 aliphatic heterocycles. The number of aliphatic hydroxyl groups is 1. The highest BCUT2D eigenvalue weighted by molar-refractivity contribution is 6.32. The Hall–Kier alpha value is -0.730. The van der Waals surface area contributed by atoms with E-state index >= 15 is 0 Å². The summed E-state index contributed by atoms with van der Waals surface area (Å²) in [5.41, 5.74) is 0.737. The van der Waals surface area contributed by atoms with Gasteiger partial charge in [-0.05, 0) is 12.5 Å². The summed E-state index contributed by atoms with van der Waals surface area (Å²) in [4.78, 5) is 0. The van der Waals surface area contributed by atoms with E-state index in [0.29, 0.717) is 17.4 Å². The highest BCUT2D eigenvalue weighted by atomic mass is 35.5. The number of rotatable bonds is 4. The van der Waals surface area contributed by atoms with Crippen LogP contribution in [0.15, 0.2) is 18.2 Å². The smallest absolute Gasteiger partial charge is 0.143 e. The van der Waals surface area contributed by atoms with E-state index in [2.05, 4.69) is 0 Å². The summed E-state index contributed by atoms with van der Waals surface area (Å²) in [5.74, 6) is 0.605. The molecule has 0 saturated carbocycles. The lowest BCUT2D eigenvalue weighted by molar-refractivity contribution is 0.263. The van der Waals surface area contributed by atoms with E-state index in [9.17, 15) is 0 Å². The van der Waals surface area contributed by atoms with Crippen molar-refractivity contribution >= 4 is 11.6 Å². The van der Waals surface area contributed by atoms with Gasteiger partial charge in [0.25, 0.3) is 0 Å². The molecule has 0 aliphatic carbocycles. The van der Waals surface area contributed by atoms with Gasteiger partial charge in [0.15, 0.2) is 0 Å². The van der Waals surface area contributed by atoms with Gasteiger partial charge in [-0.3, -0.25) is 0 Å². The van der Waals surface area contributed by atoms with Gasteiger partial charge >= 0.3 is 0 Å². The molecule has 0 spiro atoms. The molecule has 0 bridgehead atoms. The molecule has 0 fully saturated rings. The Kier molecular flexibility index (Phi) is 4.06. The zero-order valence-electron chi connectivity index (χ0n) is 7.59. The van der Waals surface area contributed by atoms with Crippen molar-refractivity contribution in [1.82, 2.24) is 0 Å². The van der Waals surface area contributed by atoms with Crippen LogP contribution in [0.5, 0.6) is 5.75 Å². The standard InChI is InChI=1S/C10H13ClO2/c1-2-6-13-10-8(7-12)4-3-5-9(10)11/h3-5,12H,2,6-7H2,1H3. The third kappa shape index (κ3) is 2.61. The molecule has 72 valence electrons. The molecule has 0 amide bonds. The zero-order valence-corrected chi connectivity index (χ0v) is 8.34. The first-order valence-corrected chi connectivity index (χ1v) is 4.68. The molecule has 0 saturated heterocycles. The third-order valence-corrected chi connectivity index (χ3v) is 1.97. The van der Waals surface area contributed by atoms with Crippen LogP contribution in [0.1, 0.15) is 18.9 Å². The average Bonchev–Trinajstić information content (AvgIpc) is 2.15. The molecule has 0 aliphatic rings. The van der Waals surface area contributed by atoms with E-state index in [0.717, 1.165) is 12.0 Å². The van der Waals surface area contributed by atoms with E-state index in [1.807, 2.05) is 6.92 Å². The van der Waals surface area contributed by atoms with Crippen LogP contribution in [0, 0.1) is 0 Å². The van der Waals surface area contributed by atoms with Crippen LogP contribution in [-0.2, 0) is 6.61 Å². The second-order valence-corrected chi connectivity index (χ2v) is 3.14. The van der Waals surface area contributed by atoms with Crippen LogP contribution < -0.4 is 4.74 Å². The average molecular weight is 201 g/mol. The zero-order chi connectivity index (χ0) is 9.68. The van der Waals surface area contributed by atoms with Gasteiger partial charge < -0.3 is 9.84 Å². The number of para-hydroxylation sites is 1. The lowest BCUT2D eigenvalue weighted by atomic mass is 10.2. The SMILES string of the molecule is CCCOc1c(Cl)cccc1CO. The van der Waals surface area contributed by atoms with Gasteiger partial charge in [0.05, 0.1) is 18.2 Å². The lowest BCUT2D eigenvalue weighted by Gasteiger charge is -2.10. The van der Waals surface area contributed by atoms with Crippen molar-refractivity contribution in [2.75, 3.05) is 6.61 Å². The Morgan fingerprint density at radius 1 is 1.46 bits per heavy atom. The highest BCUT2D eigenvalue weighted by Crippen LogP contribution is 2.28. The van der Waals surface area contributed by atoms with Crippen molar-refractivity contribution in [3.8, 4) is 5.75 Å².